The van der Waals surface area contributed by atoms with Crippen LogP contribution >= 0.6 is 0 Å². The van der Waals surface area contributed by atoms with Crippen molar-refractivity contribution in [1.29, 1.82) is 0 Å². The van der Waals surface area contributed by atoms with Crippen LogP contribution in [0.25, 0.3) is 0 Å². The van der Waals surface area contributed by atoms with Crippen LogP contribution in [0.1, 0.15) is 33.4 Å². The molecule has 0 atom stereocenters. The van der Waals surface area contributed by atoms with Crippen molar-refractivity contribution in [2.75, 3.05) is 159 Å². The Kier molecular flexibility index (Phi) is 18.5. The summed E-state index contributed by atoms with van der Waals surface area (Å²) in [4.78, 5) is 0. The van der Waals surface area contributed by atoms with E-state index in [0.717, 1.165) is 33.4 Å². The van der Waals surface area contributed by atoms with Gasteiger partial charge in [0, 0.05) is 0 Å². The largest absolute Gasteiger partial charge is 0.487 e. The Morgan fingerprint density at radius 3 is 0.467 bits per heavy atom. The monoisotopic (exact) mass is 840 g/mol. The van der Waals surface area contributed by atoms with Crippen LogP contribution in [0.15, 0.2) is 36.4 Å². The number of hydrogen-bond acceptors (Lipinski definition) is 15. The smallest absolute Gasteiger partial charge is 0.161 e. The molecule has 0 radical (unpaired) electrons. The van der Waals surface area contributed by atoms with Crippen molar-refractivity contribution in [1.82, 2.24) is 0 Å². The molecule has 4 aliphatic rings. The molecule has 3 aromatic rings. The van der Waals surface area contributed by atoms with E-state index in [1.165, 1.54) is 0 Å². The minimum absolute atomic E-state index is 0.354. The van der Waals surface area contributed by atoms with Gasteiger partial charge in [-0.3, -0.25) is 0 Å². The summed E-state index contributed by atoms with van der Waals surface area (Å²) in [5.41, 5.74) is 6.53. The number of hydrogen-bond donors (Lipinski definition) is 0. The Morgan fingerprint density at radius 1 is 0.183 bits per heavy atom. The fourth-order valence-electron chi connectivity index (χ4n) is 7.10. The van der Waals surface area contributed by atoms with Gasteiger partial charge in [0.15, 0.2) is 34.5 Å². The van der Waals surface area contributed by atoms with E-state index in [1.807, 2.05) is 0 Å². The van der Waals surface area contributed by atoms with Crippen LogP contribution in [0, 0.1) is 0 Å². The van der Waals surface area contributed by atoms with Gasteiger partial charge in [0.2, 0.25) is 0 Å². The lowest BCUT2D eigenvalue weighted by atomic mass is 9.94. The van der Waals surface area contributed by atoms with Gasteiger partial charge in [0.25, 0.3) is 0 Å². The van der Waals surface area contributed by atoms with Crippen molar-refractivity contribution < 1.29 is 71.1 Å². The summed E-state index contributed by atoms with van der Waals surface area (Å²) in [5, 5.41) is 0. The van der Waals surface area contributed by atoms with Gasteiger partial charge in [0.1, 0.15) is 39.6 Å². The molecule has 0 aromatic heterocycles. The summed E-state index contributed by atoms with van der Waals surface area (Å²) in [7, 11) is 0. The lowest BCUT2D eigenvalue weighted by Crippen LogP contribution is -2.13. The summed E-state index contributed by atoms with van der Waals surface area (Å²) in [6, 6.07) is 12.6. The summed E-state index contributed by atoms with van der Waals surface area (Å²) in [5.74, 6) is 3.85. The van der Waals surface area contributed by atoms with Crippen molar-refractivity contribution in [3.8, 4) is 34.5 Å². The van der Waals surface area contributed by atoms with Gasteiger partial charge >= 0.3 is 0 Å². The Hall–Kier alpha value is -3.90. The van der Waals surface area contributed by atoms with E-state index in [0.29, 0.717) is 212 Å². The molecular weight excluding hydrogens is 780 g/mol. The standard InChI is InChI=1S/C45H60O15/c1-7-49-13-19-55-40-28-34-25-36-30-42-44(59-23-17-53-11-5-47-3-9-51-15-21-57-42)32-38(36)27-39-33-45-43(58-22-16-52-10-4-48-6-12-54-18-24-60-45)31-37(39)26-35(34)29-41(40)56-20-14-50-8-2-46-1/h28-33H,1-27H2. The number of rotatable bonds is 0. The molecule has 0 bridgehead atoms. The van der Waals surface area contributed by atoms with Crippen LogP contribution in [0.2, 0.25) is 0 Å². The topological polar surface area (TPSA) is 138 Å². The molecule has 0 saturated carbocycles. The maximum atomic E-state index is 6.38. The molecule has 0 saturated heterocycles. The third kappa shape index (κ3) is 14.1. The second-order valence-electron chi connectivity index (χ2n) is 14.3. The molecule has 7 rings (SSSR count). The minimum atomic E-state index is 0.354. The van der Waals surface area contributed by atoms with Gasteiger partial charge in [0.05, 0.1) is 119 Å². The van der Waals surface area contributed by atoms with Crippen LogP contribution < -0.4 is 28.4 Å². The Bertz CT molecular complexity index is 1420. The first-order chi connectivity index (χ1) is 29.8. The van der Waals surface area contributed by atoms with Crippen LogP contribution in [-0.2, 0) is 61.9 Å². The molecule has 330 valence electrons. The molecule has 3 aromatic carbocycles. The van der Waals surface area contributed by atoms with Gasteiger partial charge in [-0.25, -0.2) is 0 Å². The highest BCUT2D eigenvalue weighted by Gasteiger charge is 2.23. The number of fused-ring (bicyclic) bond motifs is 6. The van der Waals surface area contributed by atoms with Gasteiger partial charge in [-0.1, -0.05) is 0 Å². The molecule has 0 N–H and O–H groups in total. The second-order valence-corrected chi connectivity index (χ2v) is 14.3. The predicted molar refractivity (Wildman–Crippen MR) is 218 cm³/mol. The lowest BCUT2D eigenvalue weighted by molar-refractivity contribution is 0.00708. The summed E-state index contributed by atoms with van der Waals surface area (Å²) >= 11 is 0. The molecule has 0 unspecified atom stereocenters. The van der Waals surface area contributed by atoms with Gasteiger partial charge in [-0.05, 0) is 89.0 Å². The number of ether oxygens (including phenoxy) is 15. The highest BCUT2D eigenvalue weighted by molar-refractivity contribution is 5.58. The third-order valence-electron chi connectivity index (χ3n) is 10.1. The zero-order chi connectivity index (χ0) is 40.9. The molecule has 0 amide bonds. The molecule has 0 spiro atoms. The quantitative estimate of drug-likeness (QED) is 0.250. The van der Waals surface area contributed by atoms with E-state index >= 15 is 0 Å². The van der Waals surface area contributed by atoms with E-state index in [9.17, 15) is 0 Å². The van der Waals surface area contributed by atoms with Crippen molar-refractivity contribution in [3.05, 3.63) is 69.8 Å². The molecular formula is C45H60O15. The van der Waals surface area contributed by atoms with Crippen molar-refractivity contribution >= 4 is 0 Å². The summed E-state index contributed by atoms with van der Waals surface area (Å²) < 4.78 is 89.8. The van der Waals surface area contributed by atoms with Crippen LogP contribution in [0.5, 0.6) is 34.5 Å². The molecule has 3 heterocycles. The van der Waals surface area contributed by atoms with Crippen LogP contribution in [0.3, 0.4) is 0 Å². The Morgan fingerprint density at radius 2 is 0.317 bits per heavy atom. The third-order valence-corrected chi connectivity index (χ3v) is 10.1. The predicted octanol–water partition coefficient (Wildman–Crippen LogP) is 4.24. The fraction of sp³-hybridized carbons (Fsp3) is 0.600. The zero-order valence-electron chi connectivity index (χ0n) is 34.7. The van der Waals surface area contributed by atoms with Crippen molar-refractivity contribution in [2.24, 2.45) is 0 Å². The molecule has 0 fully saturated rings. The zero-order valence-corrected chi connectivity index (χ0v) is 34.7. The highest BCUT2D eigenvalue weighted by atomic mass is 16.6. The normalized spacial score (nSPS) is 20.4. The Labute approximate surface area is 352 Å². The highest BCUT2D eigenvalue weighted by Crippen LogP contribution is 2.41. The van der Waals surface area contributed by atoms with Crippen molar-refractivity contribution in [3.63, 3.8) is 0 Å². The van der Waals surface area contributed by atoms with E-state index in [2.05, 4.69) is 36.4 Å². The van der Waals surface area contributed by atoms with E-state index in [-0.39, 0.29) is 0 Å². The SMILES string of the molecule is c1c2c(cc3c1OCCOCCOCCOCCO3)Cc1cc3c(cc1Cc1cc4c(cc1C2)OCCOCCOCCOCCO4)OCCOCCOCCOCCO3. The summed E-state index contributed by atoms with van der Waals surface area (Å²) in [6.07, 6.45) is 1.81. The maximum Gasteiger partial charge on any atom is 0.161 e. The van der Waals surface area contributed by atoms with Crippen molar-refractivity contribution in [2.45, 2.75) is 19.3 Å². The molecule has 1 aliphatic carbocycles. The first-order valence-electron chi connectivity index (χ1n) is 21.2. The maximum absolute atomic E-state index is 6.38. The van der Waals surface area contributed by atoms with Gasteiger partial charge in [-0.15, -0.1) is 0 Å². The number of benzene rings is 3. The first kappa shape index (κ1) is 44.2. The minimum Gasteiger partial charge on any atom is -0.487 e. The lowest BCUT2D eigenvalue weighted by Gasteiger charge is -2.19. The van der Waals surface area contributed by atoms with Crippen LogP contribution in [-0.4, -0.2) is 159 Å². The van der Waals surface area contributed by atoms with E-state index in [4.69, 9.17) is 71.1 Å². The Balaban J connectivity index is 1.27. The van der Waals surface area contributed by atoms with Crippen LogP contribution in [0.4, 0.5) is 0 Å². The molecule has 15 heteroatoms. The summed E-state index contributed by atoms with van der Waals surface area (Å²) in [6.45, 7) is 10.4. The molecule has 15 nitrogen and oxygen atoms in total. The second kappa shape index (κ2) is 25.1. The average molecular weight is 841 g/mol. The average Bonchev–Trinajstić information content (AvgIpc) is 3.28. The van der Waals surface area contributed by atoms with Gasteiger partial charge < -0.3 is 71.1 Å². The fourth-order valence-corrected chi connectivity index (χ4v) is 7.10. The van der Waals surface area contributed by atoms with Gasteiger partial charge in [-0.2, -0.15) is 0 Å². The molecule has 60 heavy (non-hydrogen) atoms. The first-order valence-corrected chi connectivity index (χ1v) is 21.2. The van der Waals surface area contributed by atoms with E-state index < -0.39 is 0 Å². The molecule has 3 aliphatic heterocycles. The van der Waals surface area contributed by atoms with E-state index in [1.54, 1.807) is 0 Å².